The van der Waals surface area contributed by atoms with E-state index in [2.05, 4.69) is 0 Å². The summed E-state index contributed by atoms with van der Waals surface area (Å²) < 4.78 is 36.5. The second kappa shape index (κ2) is 5.52. The van der Waals surface area contributed by atoms with Gasteiger partial charge in [-0.1, -0.05) is 20.8 Å². The van der Waals surface area contributed by atoms with E-state index in [1.165, 1.54) is 4.90 Å². The summed E-state index contributed by atoms with van der Waals surface area (Å²) in [5.41, 5.74) is 4.83. The van der Waals surface area contributed by atoms with Gasteiger partial charge in [0.05, 0.1) is 12.4 Å². The second-order valence-electron chi connectivity index (χ2n) is 4.53. The second-order valence-corrected chi connectivity index (χ2v) is 4.53. The van der Waals surface area contributed by atoms with Crippen LogP contribution in [0.1, 0.15) is 27.2 Å². The molecule has 0 aliphatic heterocycles. The van der Waals surface area contributed by atoms with Gasteiger partial charge >= 0.3 is 6.18 Å². The van der Waals surface area contributed by atoms with Crippen molar-refractivity contribution in [1.82, 2.24) is 4.90 Å². The molecule has 0 heterocycles. The summed E-state index contributed by atoms with van der Waals surface area (Å²) in [5, 5.41) is 7.32. The third-order valence-electron chi connectivity index (χ3n) is 2.63. The van der Waals surface area contributed by atoms with E-state index in [1.54, 1.807) is 20.8 Å². The lowest BCUT2D eigenvalue weighted by Crippen LogP contribution is -2.39. The van der Waals surface area contributed by atoms with Crippen molar-refractivity contribution in [3.8, 4) is 0 Å². The van der Waals surface area contributed by atoms with Crippen LogP contribution in [0.15, 0.2) is 0 Å². The first-order valence-corrected chi connectivity index (χ1v) is 5.22. The van der Waals surface area contributed by atoms with Gasteiger partial charge < -0.3 is 5.73 Å². The zero-order chi connectivity index (χ0) is 13.0. The average molecular weight is 239 g/mol. The van der Waals surface area contributed by atoms with E-state index in [1.807, 2.05) is 0 Å². The zero-order valence-corrected chi connectivity index (χ0v) is 9.99. The highest BCUT2D eigenvalue weighted by molar-refractivity contribution is 5.82. The number of amidine groups is 1. The standard InChI is InChI=1S/C10H20F3N3/c1-4-16(7-10(11,12)13)6-5-9(2,3)8(14)15/h4-7H2,1-3H3,(H3,14,15). The number of rotatable bonds is 6. The van der Waals surface area contributed by atoms with Crippen LogP contribution in [0.5, 0.6) is 0 Å². The van der Waals surface area contributed by atoms with Crippen molar-refractivity contribution in [2.45, 2.75) is 33.4 Å². The number of alkyl halides is 3. The maximum absolute atomic E-state index is 12.2. The summed E-state index contributed by atoms with van der Waals surface area (Å²) in [5.74, 6) is 0.00978. The molecule has 0 bridgehead atoms. The van der Waals surface area contributed by atoms with Crippen LogP contribution < -0.4 is 5.73 Å². The van der Waals surface area contributed by atoms with Gasteiger partial charge in [0.2, 0.25) is 0 Å². The normalized spacial score (nSPS) is 13.2. The summed E-state index contributed by atoms with van der Waals surface area (Å²) in [7, 11) is 0. The molecule has 0 aromatic rings. The Morgan fingerprint density at radius 1 is 1.31 bits per heavy atom. The summed E-state index contributed by atoms with van der Waals surface area (Å²) in [6.45, 7) is 4.94. The van der Waals surface area contributed by atoms with Gasteiger partial charge in [0.1, 0.15) is 0 Å². The highest BCUT2D eigenvalue weighted by Gasteiger charge is 2.31. The van der Waals surface area contributed by atoms with Crippen LogP contribution in [0.2, 0.25) is 0 Å². The van der Waals surface area contributed by atoms with Gasteiger partial charge in [0.25, 0.3) is 0 Å². The van der Waals surface area contributed by atoms with Crippen LogP contribution in [0.25, 0.3) is 0 Å². The quantitative estimate of drug-likeness (QED) is 0.551. The molecule has 3 nitrogen and oxygen atoms in total. The number of nitrogens with zero attached hydrogens (tertiary/aromatic N) is 1. The minimum atomic E-state index is -4.17. The molecule has 0 atom stereocenters. The van der Waals surface area contributed by atoms with Crippen LogP contribution >= 0.6 is 0 Å². The summed E-state index contributed by atoms with van der Waals surface area (Å²) in [4.78, 5) is 1.31. The van der Waals surface area contributed by atoms with Gasteiger partial charge in [0, 0.05) is 5.41 Å². The van der Waals surface area contributed by atoms with Crippen LogP contribution in [-0.2, 0) is 0 Å². The molecule has 6 heteroatoms. The lowest BCUT2D eigenvalue weighted by Gasteiger charge is -2.28. The first-order valence-electron chi connectivity index (χ1n) is 5.22. The van der Waals surface area contributed by atoms with Gasteiger partial charge in [-0.15, -0.1) is 0 Å². The maximum atomic E-state index is 12.2. The van der Waals surface area contributed by atoms with Crippen LogP contribution in [-0.4, -0.2) is 36.5 Å². The lowest BCUT2D eigenvalue weighted by molar-refractivity contribution is -0.145. The van der Waals surface area contributed by atoms with Crippen molar-refractivity contribution in [3.63, 3.8) is 0 Å². The number of nitrogens with one attached hydrogen (secondary N) is 1. The molecule has 0 unspecified atom stereocenters. The fourth-order valence-corrected chi connectivity index (χ4v) is 1.17. The van der Waals surface area contributed by atoms with Crippen molar-refractivity contribution >= 4 is 5.84 Å². The molecule has 0 spiro atoms. The Bertz CT molecular complexity index is 236. The Morgan fingerprint density at radius 3 is 2.12 bits per heavy atom. The van der Waals surface area contributed by atoms with Gasteiger partial charge in [-0.25, -0.2) is 0 Å². The SMILES string of the molecule is CCN(CCC(C)(C)C(=N)N)CC(F)(F)F. The third kappa shape index (κ3) is 5.95. The zero-order valence-electron chi connectivity index (χ0n) is 9.99. The molecular formula is C10H20F3N3. The molecule has 0 amide bonds. The van der Waals surface area contributed by atoms with E-state index >= 15 is 0 Å². The molecule has 0 aromatic heterocycles. The molecule has 0 saturated heterocycles. The number of hydrogen-bond acceptors (Lipinski definition) is 2. The molecule has 0 fully saturated rings. The maximum Gasteiger partial charge on any atom is 0.401 e. The molecular weight excluding hydrogens is 219 g/mol. The van der Waals surface area contributed by atoms with Crippen molar-refractivity contribution in [3.05, 3.63) is 0 Å². The van der Waals surface area contributed by atoms with Crippen LogP contribution in [0.3, 0.4) is 0 Å². The molecule has 0 rings (SSSR count). The Morgan fingerprint density at radius 2 is 1.81 bits per heavy atom. The highest BCUT2D eigenvalue weighted by atomic mass is 19.4. The third-order valence-corrected chi connectivity index (χ3v) is 2.63. The van der Waals surface area contributed by atoms with E-state index in [0.717, 1.165) is 0 Å². The first-order chi connectivity index (χ1) is 7.08. The van der Waals surface area contributed by atoms with Crippen LogP contribution in [0, 0.1) is 10.8 Å². The summed E-state index contributed by atoms with van der Waals surface area (Å²) in [6, 6.07) is 0. The largest absolute Gasteiger partial charge is 0.401 e. The summed E-state index contributed by atoms with van der Waals surface area (Å²) >= 11 is 0. The lowest BCUT2D eigenvalue weighted by atomic mass is 9.88. The minimum absolute atomic E-state index is 0.00978. The number of halogens is 3. The molecule has 0 aliphatic carbocycles. The number of nitrogens with two attached hydrogens (primary N) is 1. The Kier molecular flexibility index (Phi) is 5.25. The minimum Gasteiger partial charge on any atom is -0.387 e. The molecule has 16 heavy (non-hydrogen) atoms. The Hall–Kier alpha value is -0.780. The predicted octanol–water partition coefficient (Wildman–Crippen LogP) is 2.22. The molecule has 0 radical (unpaired) electrons. The highest BCUT2D eigenvalue weighted by Crippen LogP contribution is 2.22. The molecule has 0 aliphatic rings. The van der Waals surface area contributed by atoms with Crippen molar-refractivity contribution in [2.24, 2.45) is 11.1 Å². The van der Waals surface area contributed by atoms with Gasteiger partial charge in [-0.2, -0.15) is 13.2 Å². The van der Waals surface area contributed by atoms with E-state index in [0.29, 0.717) is 19.5 Å². The number of hydrogen-bond donors (Lipinski definition) is 2. The van der Waals surface area contributed by atoms with Gasteiger partial charge in [-0.05, 0) is 19.5 Å². The van der Waals surface area contributed by atoms with Crippen molar-refractivity contribution in [2.75, 3.05) is 19.6 Å². The van der Waals surface area contributed by atoms with E-state index in [9.17, 15) is 13.2 Å². The van der Waals surface area contributed by atoms with E-state index in [-0.39, 0.29) is 5.84 Å². The Balaban J connectivity index is 4.21. The average Bonchev–Trinajstić information content (AvgIpc) is 2.10. The smallest absolute Gasteiger partial charge is 0.387 e. The van der Waals surface area contributed by atoms with Crippen LogP contribution in [0.4, 0.5) is 13.2 Å². The van der Waals surface area contributed by atoms with Gasteiger partial charge in [0.15, 0.2) is 0 Å². The first kappa shape index (κ1) is 15.2. The topological polar surface area (TPSA) is 53.1 Å². The molecule has 0 aromatic carbocycles. The molecule has 96 valence electrons. The van der Waals surface area contributed by atoms with Crippen molar-refractivity contribution < 1.29 is 13.2 Å². The van der Waals surface area contributed by atoms with E-state index in [4.69, 9.17) is 11.1 Å². The fourth-order valence-electron chi connectivity index (χ4n) is 1.17. The summed E-state index contributed by atoms with van der Waals surface area (Å²) in [6.07, 6.45) is -3.72. The monoisotopic (exact) mass is 239 g/mol. The molecule has 3 N–H and O–H groups in total. The predicted molar refractivity (Wildman–Crippen MR) is 58.5 cm³/mol. The van der Waals surface area contributed by atoms with E-state index < -0.39 is 18.1 Å². The Labute approximate surface area is 94.3 Å². The van der Waals surface area contributed by atoms with Crippen molar-refractivity contribution in [1.29, 1.82) is 5.41 Å². The van der Waals surface area contributed by atoms with Gasteiger partial charge in [-0.3, -0.25) is 10.3 Å². The fraction of sp³-hybridized carbons (Fsp3) is 0.900. The molecule has 0 saturated carbocycles.